The zero-order valence-corrected chi connectivity index (χ0v) is 10.4. The summed E-state index contributed by atoms with van der Waals surface area (Å²) in [6.07, 6.45) is 5.56. The molecule has 1 aliphatic rings. The van der Waals surface area contributed by atoms with Gasteiger partial charge in [0.05, 0.1) is 0 Å². The maximum absolute atomic E-state index is 11.4. The number of rotatable bonds is 3. The first-order valence-electron chi connectivity index (χ1n) is 5.72. The lowest BCUT2D eigenvalue weighted by atomic mass is 9.68. The molecule has 0 aromatic heterocycles. The number of hydrogen-bond acceptors (Lipinski definition) is 2. The molecular formula is C13H21NO2. The van der Waals surface area contributed by atoms with E-state index in [0.29, 0.717) is 5.92 Å². The summed E-state index contributed by atoms with van der Waals surface area (Å²) < 4.78 is 0. The van der Waals surface area contributed by atoms with E-state index in [4.69, 9.17) is 5.73 Å². The zero-order valence-electron chi connectivity index (χ0n) is 10.4. The second kappa shape index (κ2) is 4.42. The Kier molecular flexibility index (Phi) is 3.58. The number of carboxylic acids is 1. The van der Waals surface area contributed by atoms with Gasteiger partial charge in [-0.2, -0.15) is 0 Å². The van der Waals surface area contributed by atoms with Crippen molar-refractivity contribution >= 4 is 5.97 Å². The largest absolute Gasteiger partial charge is 0.481 e. The van der Waals surface area contributed by atoms with Gasteiger partial charge in [-0.15, -0.1) is 0 Å². The van der Waals surface area contributed by atoms with Crippen LogP contribution in [0.25, 0.3) is 0 Å². The molecule has 2 atom stereocenters. The van der Waals surface area contributed by atoms with E-state index in [2.05, 4.69) is 13.8 Å². The Morgan fingerprint density at radius 2 is 2.00 bits per heavy atom. The lowest BCUT2D eigenvalue weighted by molar-refractivity contribution is -0.149. The van der Waals surface area contributed by atoms with Crippen LogP contribution in [-0.4, -0.2) is 17.1 Å². The van der Waals surface area contributed by atoms with Crippen molar-refractivity contribution < 1.29 is 9.90 Å². The van der Waals surface area contributed by atoms with E-state index >= 15 is 0 Å². The van der Waals surface area contributed by atoms with Crippen LogP contribution in [-0.2, 0) is 4.79 Å². The van der Waals surface area contributed by atoms with Gasteiger partial charge in [-0.3, -0.25) is 4.79 Å². The van der Waals surface area contributed by atoms with Gasteiger partial charge in [0, 0.05) is 6.04 Å². The predicted octanol–water partition coefficient (Wildman–Crippen LogP) is 2.19. The standard InChI is InChI=1S/C13H21NO2/c1-8(2)10-5-6-13(9(3)4,12(15)16)11(14)7-10/h5-9,11H,14H2,1-4H3,(H,15,16). The monoisotopic (exact) mass is 223 g/mol. The van der Waals surface area contributed by atoms with Crippen molar-refractivity contribution in [2.75, 3.05) is 0 Å². The second-order valence-electron chi connectivity index (χ2n) is 5.07. The fourth-order valence-corrected chi connectivity index (χ4v) is 2.17. The van der Waals surface area contributed by atoms with Crippen LogP contribution in [0.1, 0.15) is 27.7 Å². The van der Waals surface area contributed by atoms with Gasteiger partial charge in [0.25, 0.3) is 0 Å². The molecule has 1 rings (SSSR count). The van der Waals surface area contributed by atoms with Crippen molar-refractivity contribution in [1.82, 2.24) is 0 Å². The molecule has 0 fully saturated rings. The average molecular weight is 223 g/mol. The first-order chi connectivity index (χ1) is 7.32. The topological polar surface area (TPSA) is 63.3 Å². The van der Waals surface area contributed by atoms with Gasteiger partial charge in [0.2, 0.25) is 0 Å². The van der Waals surface area contributed by atoms with E-state index < -0.39 is 17.4 Å². The molecule has 0 radical (unpaired) electrons. The summed E-state index contributed by atoms with van der Waals surface area (Å²) in [5, 5.41) is 9.39. The molecule has 3 nitrogen and oxygen atoms in total. The fraction of sp³-hybridized carbons (Fsp3) is 0.615. The van der Waals surface area contributed by atoms with Gasteiger partial charge in [-0.1, -0.05) is 45.9 Å². The van der Waals surface area contributed by atoms with Gasteiger partial charge in [-0.05, 0) is 17.4 Å². The van der Waals surface area contributed by atoms with E-state index in [0.717, 1.165) is 5.57 Å². The summed E-state index contributed by atoms with van der Waals surface area (Å²) in [6, 6.07) is -0.451. The van der Waals surface area contributed by atoms with Crippen molar-refractivity contribution in [1.29, 1.82) is 0 Å². The van der Waals surface area contributed by atoms with Crippen molar-refractivity contribution in [3.63, 3.8) is 0 Å². The Bertz CT molecular complexity index is 342. The summed E-state index contributed by atoms with van der Waals surface area (Å²) in [6.45, 7) is 7.94. The quantitative estimate of drug-likeness (QED) is 0.771. The molecule has 0 aliphatic heterocycles. The van der Waals surface area contributed by atoms with Crippen LogP contribution in [0.2, 0.25) is 0 Å². The SMILES string of the molecule is CC(C)C1=CC(N)C(C(=O)O)(C(C)C)C=C1. The highest BCUT2D eigenvalue weighted by Crippen LogP contribution is 2.38. The van der Waals surface area contributed by atoms with E-state index in [9.17, 15) is 9.90 Å². The Hall–Kier alpha value is -1.09. The molecule has 0 spiro atoms. The highest BCUT2D eigenvalue weighted by atomic mass is 16.4. The number of carboxylic acid groups (broad SMARTS) is 1. The van der Waals surface area contributed by atoms with Gasteiger partial charge in [0.15, 0.2) is 0 Å². The molecule has 0 saturated heterocycles. The maximum atomic E-state index is 11.4. The third-order valence-corrected chi connectivity index (χ3v) is 3.47. The highest BCUT2D eigenvalue weighted by Gasteiger charge is 2.45. The first-order valence-corrected chi connectivity index (χ1v) is 5.72. The summed E-state index contributed by atoms with van der Waals surface area (Å²) in [5.74, 6) is -0.493. The number of aliphatic carboxylic acids is 1. The highest BCUT2D eigenvalue weighted by molar-refractivity contribution is 5.80. The molecular weight excluding hydrogens is 202 g/mol. The number of nitrogens with two attached hydrogens (primary N) is 1. The summed E-state index contributed by atoms with van der Waals surface area (Å²) in [5.41, 5.74) is 6.19. The van der Waals surface area contributed by atoms with Gasteiger partial charge in [0.1, 0.15) is 5.41 Å². The normalized spacial score (nSPS) is 29.7. The Morgan fingerprint density at radius 3 is 2.31 bits per heavy atom. The van der Waals surface area contributed by atoms with Crippen LogP contribution in [0, 0.1) is 17.3 Å². The van der Waals surface area contributed by atoms with Crippen LogP contribution >= 0.6 is 0 Å². The number of carbonyl (C=O) groups is 1. The third-order valence-electron chi connectivity index (χ3n) is 3.47. The smallest absolute Gasteiger partial charge is 0.315 e. The minimum absolute atomic E-state index is 0.0267. The van der Waals surface area contributed by atoms with Crippen molar-refractivity contribution in [3.05, 3.63) is 23.8 Å². The molecule has 90 valence electrons. The van der Waals surface area contributed by atoms with E-state index in [1.807, 2.05) is 26.0 Å². The average Bonchev–Trinajstić information content (AvgIpc) is 2.16. The van der Waals surface area contributed by atoms with E-state index in [1.54, 1.807) is 6.08 Å². The van der Waals surface area contributed by atoms with Crippen LogP contribution in [0.5, 0.6) is 0 Å². The molecule has 3 N–H and O–H groups in total. The Morgan fingerprint density at radius 1 is 1.44 bits per heavy atom. The molecule has 3 heteroatoms. The van der Waals surface area contributed by atoms with Gasteiger partial charge >= 0.3 is 5.97 Å². The molecule has 0 aromatic rings. The molecule has 0 saturated carbocycles. The minimum atomic E-state index is -0.960. The zero-order chi connectivity index (χ0) is 12.5. The molecule has 2 unspecified atom stereocenters. The summed E-state index contributed by atoms with van der Waals surface area (Å²) in [7, 11) is 0. The summed E-state index contributed by atoms with van der Waals surface area (Å²) >= 11 is 0. The lowest BCUT2D eigenvalue weighted by Crippen LogP contribution is -2.50. The van der Waals surface area contributed by atoms with Crippen LogP contribution in [0.4, 0.5) is 0 Å². The fourth-order valence-electron chi connectivity index (χ4n) is 2.17. The van der Waals surface area contributed by atoms with Crippen molar-refractivity contribution in [2.24, 2.45) is 23.0 Å². The molecule has 1 aliphatic carbocycles. The van der Waals surface area contributed by atoms with Gasteiger partial charge in [-0.25, -0.2) is 0 Å². The molecule has 0 bridgehead atoms. The third kappa shape index (κ3) is 1.92. The number of allylic oxidation sites excluding steroid dienone is 2. The maximum Gasteiger partial charge on any atom is 0.315 e. The van der Waals surface area contributed by atoms with Crippen LogP contribution in [0.15, 0.2) is 23.8 Å². The molecule has 0 heterocycles. The van der Waals surface area contributed by atoms with Crippen molar-refractivity contribution in [3.8, 4) is 0 Å². The molecule has 0 amide bonds. The lowest BCUT2D eigenvalue weighted by Gasteiger charge is -2.37. The van der Waals surface area contributed by atoms with E-state index in [1.165, 1.54) is 0 Å². The van der Waals surface area contributed by atoms with E-state index in [-0.39, 0.29) is 5.92 Å². The Labute approximate surface area is 97.0 Å². The van der Waals surface area contributed by atoms with Crippen LogP contribution < -0.4 is 5.73 Å². The first kappa shape index (κ1) is 13.0. The van der Waals surface area contributed by atoms with Crippen molar-refractivity contribution in [2.45, 2.75) is 33.7 Å². The van der Waals surface area contributed by atoms with Crippen LogP contribution in [0.3, 0.4) is 0 Å². The molecule has 16 heavy (non-hydrogen) atoms. The van der Waals surface area contributed by atoms with Gasteiger partial charge < -0.3 is 10.8 Å². The minimum Gasteiger partial charge on any atom is -0.481 e. The summed E-state index contributed by atoms with van der Waals surface area (Å²) in [4.78, 5) is 11.4. The molecule has 0 aromatic carbocycles. The Balaban J connectivity index is 3.13. The number of hydrogen-bond donors (Lipinski definition) is 2. The predicted molar refractivity (Wildman–Crippen MR) is 64.9 cm³/mol. The second-order valence-corrected chi connectivity index (χ2v) is 5.07.